The molecule has 39 heavy (non-hydrogen) atoms. The van der Waals surface area contributed by atoms with Crippen LogP contribution < -0.4 is 0 Å². The van der Waals surface area contributed by atoms with Gasteiger partial charge in [-0.15, -0.1) is 0 Å². The number of hydrogen-bond acceptors (Lipinski definition) is 6. The number of aryl methyl sites for hydroxylation is 2. The topological polar surface area (TPSA) is 88.7 Å². The van der Waals surface area contributed by atoms with E-state index >= 15 is 0 Å². The standard InChI is InChI=1S/C33H26N2O4/c1-4-37-33(36)26-7-5-6-25(18-26)29-17-16-27(38-29)20-35-32-28(19-34)30(23-12-8-21(2)9-13-23)31(39-32)24-14-10-22(3)11-15-24/h5-18,20H,4H2,1-3H3. The average Bonchev–Trinajstić information content (AvgIpc) is 3.58. The van der Waals surface area contributed by atoms with Crippen LogP contribution in [0.3, 0.4) is 0 Å². The minimum Gasteiger partial charge on any atom is -0.462 e. The lowest BCUT2D eigenvalue weighted by atomic mass is 9.97. The quantitative estimate of drug-likeness (QED) is 0.161. The third-order valence-electron chi connectivity index (χ3n) is 6.25. The number of aliphatic imine (C=N–C) groups is 1. The highest BCUT2D eigenvalue weighted by Crippen LogP contribution is 2.42. The number of nitrogens with zero attached hydrogens (tertiary/aromatic N) is 2. The number of benzene rings is 3. The van der Waals surface area contributed by atoms with E-state index in [0.717, 1.165) is 27.8 Å². The Morgan fingerprint density at radius 1 is 0.897 bits per heavy atom. The lowest BCUT2D eigenvalue weighted by Crippen LogP contribution is -2.04. The lowest BCUT2D eigenvalue weighted by molar-refractivity contribution is 0.0526. The van der Waals surface area contributed by atoms with Crippen LogP contribution in [0.1, 0.15) is 39.7 Å². The second-order valence-corrected chi connectivity index (χ2v) is 9.09. The van der Waals surface area contributed by atoms with E-state index in [-0.39, 0.29) is 11.9 Å². The molecule has 192 valence electrons. The van der Waals surface area contributed by atoms with Crippen molar-refractivity contribution in [1.29, 1.82) is 5.26 Å². The van der Waals surface area contributed by atoms with Crippen molar-refractivity contribution >= 4 is 18.1 Å². The largest absolute Gasteiger partial charge is 0.462 e. The fourth-order valence-electron chi connectivity index (χ4n) is 4.23. The van der Waals surface area contributed by atoms with E-state index in [9.17, 15) is 10.1 Å². The van der Waals surface area contributed by atoms with Crippen molar-refractivity contribution in [3.8, 4) is 39.8 Å². The molecule has 0 aliphatic carbocycles. The third-order valence-corrected chi connectivity index (χ3v) is 6.25. The highest BCUT2D eigenvalue weighted by atomic mass is 16.5. The van der Waals surface area contributed by atoms with Gasteiger partial charge in [0.05, 0.1) is 18.4 Å². The Balaban J connectivity index is 1.51. The maximum Gasteiger partial charge on any atom is 0.338 e. The first kappa shape index (κ1) is 25.5. The monoisotopic (exact) mass is 514 g/mol. The number of carbonyl (C=O) groups excluding carboxylic acids is 1. The van der Waals surface area contributed by atoms with Gasteiger partial charge in [0.2, 0.25) is 5.88 Å². The molecule has 5 aromatic rings. The first-order valence-corrected chi connectivity index (χ1v) is 12.6. The second-order valence-electron chi connectivity index (χ2n) is 9.09. The molecule has 6 nitrogen and oxygen atoms in total. The third kappa shape index (κ3) is 5.43. The molecule has 6 heteroatoms. The molecule has 0 spiro atoms. The van der Waals surface area contributed by atoms with Crippen LogP contribution in [0, 0.1) is 25.2 Å². The van der Waals surface area contributed by atoms with Crippen molar-refractivity contribution in [2.24, 2.45) is 4.99 Å². The predicted molar refractivity (Wildman–Crippen MR) is 151 cm³/mol. The summed E-state index contributed by atoms with van der Waals surface area (Å²) in [6.45, 7) is 6.11. The predicted octanol–water partition coefficient (Wildman–Crippen LogP) is 8.29. The summed E-state index contributed by atoms with van der Waals surface area (Å²) in [4.78, 5) is 16.6. The van der Waals surface area contributed by atoms with Crippen molar-refractivity contribution in [2.45, 2.75) is 20.8 Å². The van der Waals surface area contributed by atoms with Crippen LogP contribution in [0.5, 0.6) is 0 Å². The van der Waals surface area contributed by atoms with Crippen LogP contribution in [0.25, 0.3) is 33.8 Å². The molecule has 0 bridgehead atoms. The Morgan fingerprint density at radius 3 is 2.26 bits per heavy atom. The summed E-state index contributed by atoms with van der Waals surface area (Å²) in [7, 11) is 0. The van der Waals surface area contributed by atoms with Crippen molar-refractivity contribution in [2.75, 3.05) is 6.61 Å². The minimum atomic E-state index is -0.386. The smallest absolute Gasteiger partial charge is 0.338 e. The van der Waals surface area contributed by atoms with E-state index in [2.05, 4.69) is 11.1 Å². The fraction of sp³-hybridized carbons (Fsp3) is 0.121. The molecule has 0 amide bonds. The molecule has 0 unspecified atom stereocenters. The molecule has 5 rings (SSSR count). The van der Waals surface area contributed by atoms with Gasteiger partial charge in [-0.25, -0.2) is 9.79 Å². The fourth-order valence-corrected chi connectivity index (χ4v) is 4.23. The van der Waals surface area contributed by atoms with Crippen molar-refractivity contribution in [1.82, 2.24) is 0 Å². The molecule has 0 atom stereocenters. The lowest BCUT2D eigenvalue weighted by Gasteiger charge is -2.05. The van der Waals surface area contributed by atoms with E-state index in [1.165, 1.54) is 6.21 Å². The second kappa shape index (κ2) is 11.1. The van der Waals surface area contributed by atoms with Gasteiger partial charge < -0.3 is 13.6 Å². The molecule has 2 aromatic heterocycles. The molecular weight excluding hydrogens is 488 g/mol. The van der Waals surface area contributed by atoms with Crippen LogP contribution in [0.4, 0.5) is 5.88 Å². The summed E-state index contributed by atoms with van der Waals surface area (Å²) >= 11 is 0. The van der Waals surface area contributed by atoms with Gasteiger partial charge in [-0.05, 0) is 50.6 Å². The zero-order valence-corrected chi connectivity index (χ0v) is 21.9. The first-order valence-electron chi connectivity index (χ1n) is 12.6. The van der Waals surface area contributed by atoms with Gasteiger partial charge in [-0.2, -0.15) is 5.26 Å². The molecule has 0 aliphatic rings. The number of hydrogen-bond donors (Lipinski definition) is 0. The zero-order valence-electron chi connectivity index (χ0n) is 21.9. The Bertz CT molecular complexity index is 1700. The Hall–Kier alpha value is -5.15. The number of furan rings is 2. The molecule has 0 N–H and O–H groups in total. The number of nitriles is 1. The number of ether oxygens (including phenoxy) is 1. The van der Waals surface area contributed by atoms with Crippen LogP contribution >= 0.6 is 0 Å². The summed E-state index contributed by atoms with van der Waals surface area (Å²) in [5, 5.41) is 10.1. The van der Waals surface area contributed by atoms with Gasteiger partial charge in [0.1, 0.15) is 28.9 Å². The van der Waals surface area contributed by atoms with Crippen LogP contribution in [0.15, 0.2) is 98.8 Å². The highest BCUT2D eigenvalue weighted by molar-refractivity contribution is 5.91. The Kier molecular flexibility index (Phi) is 7.24. The Morgan fingerprint density at radius 2 is 1.59 bits per heavy atom. The minimum absolute atomic E-state index is 0.200. The molecular formula is C33H26N2O4. The normalized spacial score (nSPS) is 11.0. The van der Waals surface area contributed by atoms with Gasteiger partial charge in [-0.3, -0.25) is 0 Å². The number of carbonyl (C=O) groups is 1. The summed E-state index contributed by atoms with van der Waals surface area (Å²) in [5.41, 5.74) is 6.21. The van der Waals surface area contributed by atoms with E-state index in [1.54, 1.807) is 37.3 Å². The maximum absolute atomic E-state index is 12.1. The van der Waals surface area contributed by atoms with E-state index < -0.39 is 0 Å². The van der Waals surface area contributed by atoms with Crippen molar-refractivity contribution in [3.63, 3.8) is 0 Å². The first-order chi connectivity index (χ1) is 19.0. The SMILES string of the molecule is CCOC(=O)c1cccc(-c2ccc(C=Nc3oc(-c4ccc(C)cc4)c(-c4ccc(C)cc4)c3C#N)o2)c1. The summed E-state index contributed by atoms with van der Waals surface area (Å²) in [5.74, 6) is 1.44. The summed E-state index contributed by atoms with van der Waals surface area (Å²) < 4.78 is 17.3. The van der Waals surface area contributed by atoms with Gasteiger partial charge in [0.25, 0.3) is 0 Å². The molecule has 0 radical (unpaired) electrons. The van der Waals surface area contributed by atoms with Crippen LogP contribution in [-0.2, 0) is 4.74 Å². The number of rotatable bonds is 7. The maximum atomic E-state index is 12.1. The van der Waals surface area contributed by atoms with Gasteiger partial charge in [-0.1, -0.05) is 71.8 Å². The van der Waals surface area contributed by atoms with Crippen LogP contribution in [-0.4, -0.2) is 18.8 Å². The van der Waals surface area contributed by atoms with Crippen LogP contribution in [0.2, 0.25) is 0 Å². The average molecular weight is 515 g/mol. The van der Waals surface area contributed by atoms with Gasteiger partial charge in [0.15, 0.2) is 0 Å². The molecule has 0 saturated carbocycles. The molecule has 0 saturated heterocycles. The summed E-state index contributed by atoms with van der Waals surface area (Å²) in [6.07, 6.45) is 1.52. The molecule has 0 fully saturated rings. The van der Waals surface area contributed by atoms with Crippen molar-refractivity contribution in [3.05, 3.63) is 113 Å². The van der Waals surface area contributed by atoms with Gasteiger partial charge >= 0.3 is 5.97 Å². The summed E-state index contributed by atoms with van der Waals surface area (Å²) in [6, 6.07) is 28.9. The zero-order chi connectivity index (χ0) is 27.4. The van der Waals surface area contributed by atoms with E-state index in [1.807, 2.05) is 68.4 Å². The van der Waals surface area contributed by atoms with E-state index in [0.29, 0.717) is 40.6 Å². The highest BCUT2D eigenvalue weighted by Gasteiger charge is 2.23. The Labute approximate surface area is 226 Å². The number of esters is 1. The molecule has 0 aliphatic heterocycles. The molecule has 2 heterocycles. The van der Waals surface area contributed by atoms with Gasteiger partial charge in [0, 0.05) is 16.7 Å². The van der Waals surface area contributed by atoms with Crippen molar-refractivity contribution < 1.29 is 18.4 Å². The molecule has 3 aromatic carbocycles. The van der Waals surface area contributed by atoms with E-state index in [4.69, 9.17) is 13.6 Å².